The van der Waals surface area contributed by atoms with E-state index in [4.69, 9.17) is 0 Å². The maximum absolute atomic E-state index is 13.0. The predicted molar refractivity (Wildman–Crippen MR) is 126 cm³/mol. The van der Waals surface area contributed by atoms with Gasteiger partial charge in [0.15, 0.2) is 0 Å². The highest BCUT2D eigenvalue weighted by molar-refractivity contribution is 5.98. The van der Waals surface area contributed by atoms with Gasteiger partial charge in [-0.05, 0) is 55.2 Å². The molecule has 0 radical (unpaired) electrons. The van der Waals surface area contributed by atoms with E-state index in [-0.39, 0.29) is 17.2 Å². The molecule has 4 rings (SSSR count). The van der Waals surface area contributed by atoms with Gasteiger partial charge in [-0.3, -0.25) is 9.59 Å². The largest absolute Gasteiger partial charge is 0.335 e. The van der Waals surface area contributed by atoms with Crippen molar-refractivity contribution in [1.82, 2.24) is 19.8 Å². The fourth-order valence-corrected chi connectivity index (χ4v) is 3.95. The van der Waals surface area contributed by atoms with Crippen LogP contribution in [0.2, 0.25) is 0 Å². The normalized spacial score (nSPS) is 14.7. The Morgan fingerprint density at radius 3 is 1.72 bits per heavy atom. The van der Waals surface area contributed by atoms with E-state index in [0.717, 1.165) is 22.4 Å². The Balaban J connectivity index is 1.42. The summed E-state index contributed by atoms with van der Waals surface area (Å²) in [6.45, 7) is 12.4. The maximum atomic E-state index is 13.0. The molecule has 0 spiro atoms. The summed E-state index contributed by atoms with van der Waals surface area (Å²) in [5.41, 5.74) is 5.83. The molecule has 1 aromatic heterocycles. The molecule has 2 aromatic carbocycles. The molecule has 0 bridgehead atoms. The van der Waals surface area contributed by atoms with Gasteiger partial charge in [0.05, 0.1) is 22.4 Å². The van der Waals surface area contributed by atoms with E-state index in [1.807, 2.05) is 66.1 Å². The van der Waals surface area contributed by atoms with E-state index in [1.54, 1.807) is 0 Å². The first kappa shape index (κ1) is 21.9. The zero-order valence-corrected chi connectivity index (χ0v) is 19.5. The third-order valence-electron chi connectivity index (χ3n) is 6.17. The lowest BCUT2D eigenvalue weighted by Gasteiger charge is -2.35. The zero-order valence-electron chi connectivity index (χ0n) is 19.5. The first-order valence-electron chi connectivity index (χ1n) is 11.1. The number of nitrogens with zero attached hydrogens (tertiary/aromatic N) is 4. The maximum Gasteiger partial charge on any atom is 0.254 e. The van der Waals surface area contributed by atoms with Gasteiger partial charge in [0.25, 0.3) is 11.8 Å². The number of benzene rings is 2. The molecule has 3 aromatic rings. The standard InChI is InChI=1S/C26H30N4O2/c1-17-18(2)28-23-16-20(8-11-22(23)27-17)25(32)30-14-12-29(13-15-30)24(31)19-6-9-21(10-7-19)26(3,4)5/h6-11,16H,12-15H2,1-5H3. The number of piperazine rings is 1. The number of hydrogen-bond acceptors (Lipinski definition) is 4. The molecule has 0 aliphatic carbocycles. The van der Waals surface area contributed by atoms with Crippen molar-refractivity contribution in [3.8, 4) is 0 Å². The van der Waals surface area contributed by atoms with Crippen LogP contribution in [0, 0.1) is 13.8 Å². The number of rotatable bonds is 2. The van der Waals surface area contributed by atoms with Crippen molar-refractivity contribution in [3.05, 3.63) is 70.5 Å². The number of carbonyl (C=O) groups is 2. The topological polar surface area (TPSA) is 66.4 Å². The first-order valence-corrected chi connectivity index (χ1v) is 11.1. The molecule has 1 aliphatic rings. The van der Waals surface area contributed by atoms with Crippen LogP contribution < -0.4 is 0 Å². The summed E-state index contributed by atoms with van der Waals surface area (Å²) >= 11 is 0. The molecule has 0 saturated carbocycles. The molecular formula is C26H30N4O2. The van der Waals surface area contributed by atoms with Gasteiger partial charge in [0.1, 0.15) is 0 Å². The van der Waals surface area contributed by atoms with Crippen LogP contribution in [0.1, 0.15) is 58.4 Å². The summed E-state index contributed by atoms with van der Waals surface area (Å²) in [6.07, 6.45) is 0. The smallest absolute Gasteiger partial charge is 0.254 e. The average molecular weight is 431 g/mol. The molecule has 6 nitrogen and oxygen atoms in total. The van der Waals surface area contributed by atoms with Crippen molar-refractivity contribution in [2.75, 3.05) is 26.2 Å². The van der Waals surface area contributed by atoms with E-state index in [9.17, 15) is 9.59 Å². The number of carbonyl (C=O) groups excluding carboxylic acids is 2. The molecule has 6 heteroatoms. The van der Waals surface area contributed by atoms with Crippen LogP contribution in [0.5, 0.6) is 0 Å². The van der Waals surface area contributed by atoms with Gasteiger partial charge in [-0.15, -0.1) is 0 Å². The fraction of sp³-hybridized carbons (Fsp3) is 0.385. The third kappa shape index (κ3) is 4.35. The minimum Gasteiger partial charge on any atom is -0.335 e. The van der Waals surface area contributed by atoms with E-state index >= 15 is 0 Å². The second-order valence-electron chi connectivity index (χ2n) is 9.51. The second kappa shape index (κ2) is 8.34. The van der Waals surface area contributed by atoms with Crippen molar-refractivity contribution in [2.45, 2.75) is 40.0 Å². The summed E-state index contributed by atoms with van der Waals surface area (Å²) in [4.78, 5) is 38.7. The highest BCUT2D eigenvalue weighted by Crippen LogP contribution is 2.23. The number of aromatic nitrogens is 2. The monoisotopic (exact) mass is 430 g/mol. The van der Waals surface area contributed by atoms with Gasteiger partial charge in [0.2, 0.25) is 0 Å². The molecule has 1 aliphatic heterocycles. The quantitative estimate of drug-likeness (QED) is 0.613. The first-order chi connectivity index (χ1) is 15.1. The Labute approximate surface area is 189 Å². The van der Waals surface area contributed by atoms with Gasteiger partial charge < -0.3 is 9.80 Å². The highest BCUT2D eigenvalue weighted by Gasteiger charge is 2.26. The van der Waals surface area contributed by atoms with Crippen molar-refractivity contribution in [3.63, 3.8) is 0 Å². The Bertz CT molecular complexity index is 1170. The van der Waals surface area contributed by atoms with Crippen molar-refractivity contribution in [1.29, 1.82) is 0 Å². The summed E-state index contributed by atoms with van der Waals surface area (Å²) < 4.78 is 0. The Kier molecular flexibility index (Phi) is 5.71. The van der Waals surface area contributed by atoms with Crippen LogP contribution in [0.25, 0.3) is 11.0 Å². The van der Waals surface area contributed by atoms with Crippen molar-refractivity contribution >= 4 is 22.8 Å². The van der Waals surface area contributed by atoms with E-state index in [2.05, 4.69) is 30.7 Å². The molecule has 2 heterocycles. The highest BCUT2D eigenvalue weighted by atomic mass is 16.2. The zero-order chi connectivity index (χ0) is 23.0. The van der Waals surface area contributed by atoms with Crippen molar-refractivity contribution in [2.24, 2.45) is 0 Å². The van der Waals surface area contributed by atoms with Crippen LogP contribution in [-0.4, -0.2) is 57.8 Å². The summed E-state index contributed by atoms with van der Waals surface area (Å²) in [5.74, 6) is -0.0158. The number of hydrogen-bond donors (Lipinski definition) is 0. The van der Waals surface area contributed by atoms with Gasteiger partial charge in [-0.2, -0.15) is 0 Å². The van der Waals surface area contributed by atoms with E-state index in [1.165, 1.54) is 5.56 Å². The molecule has 166 valence electrons. The molecule has 1 saturated heterocycles. The molecule has 0 atom stereocenters. The lowest BCUT2D eigenvalue weighted by Crippen LogP contribution is -2.50. The van der Waals surface area contributed by atoms with Crippen LogP contribution >= 0.6 is 0 Å². The lowest BCUT2D eigenvalue weighted by molar-refractivity contribution is 0.0535. The molecule has 2 amide bonds. The Hall–Kier alpha value is -3.28. The minimum atomic E-state index is -0.0337. The number of fused-ring (bicyclic) bond motifs is 1. The number of amides is 2. The minimum absolute atomic E-state index is 0.0179. The molecule has 0 N–H and O–H groups in total. The van der Waals surface area contributed by atoms with E-state index < -0.39 is 0 Å². The SMILES string of the molecule is Cc1nc2ccc(C(=O)N3CCN(C(=O)c4ccc(C(C)(C)C)cc4)CC3)cc2nc1C. The average Bonchev–Trinajstić information content (AvgIpc) is 2.78. The van der Waals surface area contributed by atoms with Crippen LogP contribution in [0.15, 0.2) is 42.5 Å². The van der Waals surface area contributed by atoms with Gasteiger partial charge in [0, 0.05) is 37.3 Å². The molecule has 1 fully saturated rings. The van der Waals surface area contributed by atoms with Gasteiger partial charge in [-0.25, -0.2) is 9.97 Å². The molecule has 32 heavy (non-hydrogen) atoms. The molecular weight excluding hydrogens is 400 g/mol. The van der Waals surface area contributed by atoms with Gasteiger partial charge in [-0.1, -0.05) is 32.9 Å². The van der Waals surface area contributed by atoms with E-state index in [0.29, 0.717) is 37.3 Å². The lowest BCUT2D eigenvalue weighted by atomic mass is 9.86. The third-order valence-corrected chi connectivity index (χ3v) is 6.17. The summed E-state index contributed by atoms with van der Waals surface area (Å²) in [7, 11) is 0. The summed E-state index contributed by atoms with van der Waals surface area (Å²) in [6, 6.07) is 13.3. The number of aryl methyl sites for hydroxylation is 2. The van der Waals surface area contributed by atoms with Crippen molar-refractivity contribution < 1.29 is 9.59 Å². The Morgan fingerprint density at radius 2 is 1.19 bits per heavy atom. The fourth-order valence-electron chi connectivity index (χ4n) is 3.95. The Morgan fingerprint density at radius 1 is 0.719 bits per heavy atom. The molecule has 0 unspecified atom stereocenters. The summed E-state index contributed by atoms with van der Waals surface area (Å²) in [5, 5.41) is 0. The van der Waals surface area contributed by atoms with Crippen LogP contribution in [0.3, 0.4) is 0 Å². The predicted octanol–water partition coefficient (Wildman–Crippen LogP) is 4.14. The van der Waals surface area contributed by atoms with Gasteiger partial charge >= 0.3 is 0 Å². The van der Waals surface area contributed by atoms with Crippen LogP contribution in [-0.2, 0) is 5.41 Å². The van der Waals surface area contributed by atoms with Crippen LogP contribution in [0.4, 0.5) is 0 Å². The second-order valence-corrected chi connectivity index (χ2v) is 9.51.